The fourth-order valence-electron chi connectivity index (χ4n) is 2.54. The number of aromatic nitrogens is 2. The molecule has 0 radical (unpaired) electrons. The van der Waals surface area contributed by atoms with Gasteiger partial charge in [0.25, 0.3) is 0 Å². The predicted octanol–water partition coefficient (Wildman–Crippen LogP) is 3.78. The summed E-state index contributed by atoms with van der Waals surface area (Å²) in [6.07, 6.45) is -1.53. The number of para-hydroxylation sites is 1. The quantitative estimate of drug-likeness (QED) is 0.671. The third-order valence-corrected chi connectivity index (χ3v) is 3.91. The molecule has 0 saturated carbocycles. The van der Waals surface area contributed by atoms with Gasteiger partial charge in [0, 0.05) is 23.8 Å². The van der Waals surface area contributed by atoms with Crippen LogP contribution in [0, 0.1) is 6.92 Å². The van der Waals surface area contributed by atoms with Gasteiger partial charge >= 0.3 is 18.0 Å². The number of nitrogens with one attached hydrogen (secondary N) is 2. The number of amides is 2. The molecular weight excluding hydrogens is 373 g/mol. The van der Waals surface area contributed by atoms with Gasteiger partial charge in [-0.25, -0.2) is 4.98 Å². The molecule has 0 spiro atoms. The molecular formula is C19H15F3N4O2. The number of hydrogen-bond acceptors (Lipinski definition) is 3. The smallest absolute Gasteiger partial charge is 0.318 e. The Balaban J connectivity index is 1.73. The standard InChI is InChI=1S/C19H15F3N4O2/c1-12-7-8-13(11-15(12)19(20,21)22)24-16(27)17(28)25-18-23-9-10-26(18)14-5-3-2-4-6-14/h2-11H,1H3,(H,24,27)(H,23,25,28). The van der Waals surface area contributed by atoms with E-state index >= 15 is 0 Å². The van der Waals surface area contributed by atoms with Crippen molar-refractivity contribution in [2.24, 2.45) is 0 Å². The molecule has 0 bridgehead atoms. The van der Waals surface area contributed by atoms with Crippen LogP contribution in [0.4, 0.5) is 24.8 Å². The maximum Gasteiger partial charge on any atom is 0.416 e. The van der Waals surface area contributed by atoms with Crippen molar-refractivity contribution in [1.29, 1.82) is 0 Å². The highest BCUT2D eigenvalue weighted by atomic mass is 19.4. The number of hydrogen-bond donors (Lipinski definition) is 2. The summed E-state index contributed by atoms with van der Waals surface area (Å²) in [5, 5.41) is 4.51. The zero-order chi connectivity index (χ0) is 20.3. The van der Waals surface area contributed by atoms with Gasteiger partial charge in [0.15, 0.2) is 0 Å². The summed E-state index contributed by atoms with van der Waals surface area (Å²) < 4.78 is 40.5. The number of rotatable bonds is 3. The minimum Gasteiger partial charge on any atom is -0.318 e. The number of aryl methyl sites for hydroxylation is 1. The molecule has 0 unspecified atom stereocenters. The molecule has 0 atom stereocenters. The van der Waals surface area contributed by atoms with Crippen LogP contribution in [-0.2, 0) is 15.8 Å². The van der Waals surface area contributed by atoms with Gasteiger partial charge < -0.3 is 5.32 Å². The number of halogens is 3. The molecule has 6 nitrogen and oxygen atoms in total. The molecule has 0 aliphatic heterocycles. The second kappa shape index (κ2) is 7.55. The van der Waals surface area contributed by atoms with E-state index in [2.05, 4.69) is 15.6 Å². The predicted molar refractivity (Wildman–Crippen MR) is 97.0 cm³/mol. The number of benzene rings is 2. The molecule has 2 aromatic carbocycles. The minimum atomic E-state index is -4.56. The van der Waals surface area contributed by atoms with Crippen LogP contribution in [0.5, 0.6) is 0 Å². The SMILES string of the molecule is Cc1ccc(NC(=O)C(=O)Nc2nccn2-c2ccccc2)cc1C(F)(F)F. The van der Waals surface area contributed by atoms with Crippen LogP contribution in [0.2, 0.25) is 0 Å². The molecule has 3 aromatic rings. The number of anilines is 2. The molecule has 0 saturated heterocycles. The summed E-state index contributed by atoms with van der Waals surface area (Å²) in [5.74, 6) is -2.07. The summed E-state index contributed by atoms with van der Waals surface area (Å²) in [4.78, 5) is 28.2. The highest BCUT2D eigenvalue weighted by molar-refractivity contribution is 6.43. The van der Waals surface area contributed by atoms with E-state index in [-0.39, 0.29) is 17.2 Å². The summed E-state index contributed by atoms with van der Waals surface area (Å²) >= 11 is 0. The van der Waals surface area contributed by atoms with Gasteiger partial charge in [0.2, 0.25) is 5.95 Å². The second-order valence-electron chi connectivity index (χ2n) is 5.89. The molecule has 0 aliphatic carbocycles. The van der Waals surface area contributed by atoms with Gasteiger partial charge in [0.1, 0.15) is 0 Å². The zero-order valence-electron chi connectivity index (χ0n) is 14.6. The van der Waals surface area contributed by atoms with Crippen molar-refractivity contribution in [3.05, 3.63) is 72.1 Å². The van der Waals surface area contributed by atoms with Crippen LogP contribution in [-0.4, -0.2) is 21.4 Å². The van der Waals surface area contributed by atoms with Crippen molar-refractivity contribution in [3.63, 3.8) is 0 Å². The first-order valence-corrected chi connectivity index (χ1v) is 8.14. The Morgan fingerprint density at radius 1 is 1.00 bits per heavy atom. The average Bonchev–Trinajstić information content (AvgIpc) is 3.11. The Hall–Kier alpha value is -3.62. The van der Waals surface area contributed by atoms with Gasteiger partial charge in [-0.05, 0) is 36.8 Å². The monoisotopic (exact) mass is 388 g/mol. The van der Waals surface area contributed by atoms with Crippen molar-refractivity contribution < 1.29 is 22.8 Å². The van der Waals surface area contributed by atoms with Gasteiger partial charge in [-0.2, -0.15) is 13.2 Å². The lowest BCUT2D eigenvalue weighted by Gasteiger charge is -2.13. The number of alkyl halides is 3. The topological polar surface area (TPSA) is 76.0 Å². The Bertz CT molecular complexity index is 1010. The minimum absolute atomic E-state index is 0.0137. The first-order chi connectivity index (χ1) is 13.3. The Labute approximate surface area is 158 Å². The van der Waals surface area contributed by atoms with E-state index in [9.17, 15) is 22.8 Å². The van der Waals surface area contributed by atoms with Gasteiger partial charge in [-0.3, -0.25) is 19.5 Å². The second-order valence-corrected chi connectivity index (χ2v) is 5.89. The first kappa shape index (κ1) is 19.2. The molecule has 0 fully saturated rings. The highest BCUT2D eigenvalue weighted by Gasteiger charge is 2.32. The van der Waals surface area contributed by atoms with E-state index in [4.69, 9.17) is 0 Å². The number of carbonyl (C=O) groups is 2. The van der Waals surface area contributed by atoms with E-state index in [0.29, 0.717) is 5.69 Å². The summed E-state index contributed by atoms with van der Waals surface area (Å²) in [6.45, 7) is 1.31. The maximum atomic E-state index is 13.0. The summed E-state index contributed by atoms with van der Waals surface area (Å²) in [5.41, 5.74) is -0.293. The highest BCUT2D eigenvalue weighted by Crippen LogP contribution is 2.33. The van der Waals surface area contributed by atoms with Crippen molar-refractivity contribution in [3.8, 4) is 5.69 Å². The first-order valence-electron chi connectivity index (χ1n) is 8.14. The molecule has 144 valence electrons. The normalized spacial score (nSPS) is 11.1. The van der Waals surface area contributed by atoms with Crippen molar-refractivity contribution in [2.45, 2.75) is 13.1 Å². The molecule has 2 N–H and O–H groups in total. The molecule has 9 heteroatoms. The van der Waals surface area contributed by atoms with Gasteiger partial charge in [0.05, 0.1) is 5.56 Å². The van der Waals surface area contributed by atoms with Gasteiger partial charge in [-0.15, -0.1) is 0 Å². The van der Waals surface area contributed by atoms with Crippen LogP contribution in [0.1, 0.15) is 11.1 Å². The molecule has 1 heterocycles. The number of nitrogens with zero attached hydrogens (tertiary/aromatic N) is 2. The lowest BCUT2D eigenvalue weighted by molar-refractivity contribution is -0.138. The van der Waals surface area contributed by atoms with Crippen LogP contribution in [0.15, 0.2) is 60.9 Å². The Morgan fingerprint density at radius 3 is 2.36 bits per heavy atom. The number of carbonyl (C=O) groups excluding carboxylic acids is 2. The Morgan fingerprint density at radius 2 is 1.68 bits per heavy atom. The van der Waals surface area contributed by atoms with Crippen molar-refractivity contribution in [1.82, 2.24) is 9.55 Å². The fraction of sp³-hybridized carbons (Fsp3) is 0.105. The molecule has 28 heavy (non-hydrogen) atoms. The maximum absolute atomic E-state index is 13.0. The molecule has 1 aromatic heterocycles. The molecule has 0 aliphatic rings. The zero-order valence-corrected chi connectivity index (χ0v) is 14.6. The molecule has 2 amide bonds. The lowest BCUT2D eigenvalue weighted by atomic mass is 10.1. The van der Waals surface area contributed by atoms with Crippen LogP contribution >= 0.6 is 0 Å². The van der Waals surface area contributed by atoms with E-state index in [0.717, 1.165) is 6.07 Å². The van der Waals surface area contributed by atoms with E-state index in [1.165, 1.54) is 25.3 Å². The van der Waals surface area contributed by atoms with Crippen molar-refractivity contribution in [2.75, 3.05) is 10.6 Å². The lowest BCUT2D eigenvalue weighted by Crippen LogP contribution is -2.30. The third-order valence-electron chi connectivity index (χ3n) is 3.91. The largest absolute Gasteiger partial charge is 0.416 e. The third kappa shape index (κ3) is 4.20. The van der Waals surface area contributed by atoms with E-state index in [1.54, 1.807) is 35.0 Å². The fourth-order valence-corrected chi connectivity index (χ4v) is 2.54. The van der Waals surface area contributed by atoms with Crippen molar-refractivity contribution >= 4 is 23.5 Å². The average molecular weight is 388 g/mol. The summed E-state index contributed by atoms with van der Waals surface area (Å²) in [6, 6.07) is 12.3. The van der Waals surface area contributed by atoms with E-state index < -0.39 is 23.6 Å². The number of imidazole rings is 1. The molecule has 3 rings (SSSR count). The van der Waals surface area contributed by atoms with Crippen LogP contribution < -0.4 is 10.6 Å². The Kier molecular flexibility index (Phi) is 5.16. The summed E-state index contributed by atoms with van der Waals surface area (Å²) in [7, 11) is 0. The van der Waals surface area contributed by atoms with Crippen LogP contribution in [0.25, 0.3) is 5.69 Å². The van der Waals surface area contributed by atoms with Crippen LogP contribution in [0.3, 0.4) is 0 Å². The van der Waals surface area contributed by atoms with E-state index in [1.807, 2.05) is 6.07 Å². The van der Waals surface area contributed by atoms with Gasteiger partial charge in [-0.1, -0.05) is 24.3 Å².